The molecule has 6 heteroatoms. The van der Waals surface area contributed by atoms with E-state index in [9.17, 15) is 0 Å². The molecule has 0 atom stereocenters. The van der Waals surface area contributed by atoms with Crippen molar-refractivity contribution in [3.8, 4) is 17.1 Å². The molecular weight excluding hydrogens is 599 g/mol. The van der Waals surface area contributed by atoms with Crippen molar-refractivity contribution in [2.24, 2.45) is 0 Å². The molecule has 3 heterocycles. The second-order valence-electron chi connectivity index (χ2n) is 8.22. The number of imidazole rings is 1. The van der Waals surface area contributed by atoms with Gasteiger partial charge in [0.25, 0.3) is 0 Å². The molecule has 3 aromatic heterocycles. The van der Waals surface area contributed by atoms with Gasteiger partial charge in [-0.1, -0.05) is 64.9 Å². The number of aryl methyl sites for hydroxylation is 1. The Morgan fingerprint density at radius 2 is 1.59 bits per heavy atom. The number of fused-ring (bicyclic) bond motifs is 8. The Kier molecular flexibility index (Phi) is 4.80. The standard InChI is InChI=1S/C28H18N5.Ir/c1-18-9-2-5-14-23(18)32-17-29-27(31-32)20-11-8-12-21-26(20)19-10-3-6-15-24(19)33-25-16-7-4-13-22(25)30-28(21)33;/h2-11,13-17H,1H3;/q-1;. The fraction of sp³-hybridized carbons (Fsp3) is 0.0357. The van der Waals surface area contributed by atoms with E-state index in [1.54, 1.807) is 6.33 Å². The maximum atomic E-state index is 4.98. The summed E-state index contributed by atoms with van der Waals surface area (Å²) in [6, 6.07) is 32.3. The quantitative estimate of drug-likeness (QED) is 0.173. The number of aromatic nitrogens is 5. The van der Waals surface area contributed by atoms with Crippen molar-refractivity contribution in [1.82, 2.24) is 24.1 Å². The van der Waals surface area contributed by atoms with Gasteiger partial charge in [0.15, 0.2) is 5.82 Å². The Hall–Kier alpha value is -3.86. The van der Waals surface area contributed by atoms with Crippen LogP contribution in [0, 0.1) is 13.0 Å². The Morgan fingerprint density at radius 1 is 0.824 bits per heavy atom. The van der Waals surface area contributed by atoms with Crippen LogP contribution in [0.5, 0.6) is 0 Å². The third-order valence-electron chi connectivity index (χ3n) is 6.29. The fourth-order valence-corrected chi connectivity index (χ4v) is 4.78. The van der Waals surface area contributed by atoms with Gasteiger partial charge in [-0.25, -0.2) is 9.67 Å². The SMILES string of the molecule is Cc1ccccc1-n1cnc(-c2cc[c-]c3c2c2ccccc2n2c4ccccc4nc32)n1.[Ir]. The molecule has 7 rings (SSSR count). The molecule has 165 valence electrons. The van der Waals surface area contributed by atoms with Crippen LogP contribution in [0.3, 0.4) is 0 Å². The van der Waals surface area contributed by atoms with Crippen molar-refractivity contribution in [2.75, 3.05) is 0 Å². The van der Waals surface area contributed by atoms with Gasteiger partial charge in [-0.3, -0.25) is 4.98 Å². The van der Waals surface area contributed by atoms with E-state index in [2.05, 4.69) is 72.0 Å². The minimum absolute atomic E-state index is 0. The molecule has 34 heavy (non-hydrogen) atoms. The summed E-state index contributed by atoms with van der Waals surface area (Å²) in [6.07, 6.45) is 1.78. The van der Waals surface area contributed by atoms with E-state index in [-0.39, 0.29) is 20.1 Å². The first-order valence-electron chi connectivity index (χ1n) is 10.9. The Balaban J connectivity index is 0.00000217. The number of hydrogen-bond acceptors (Lipinski definition) is 3. The van der Waals surface area contributed by atoms with Crippen LogP contribution in [0.2, 0.25) is 0 Å². The summed E-state index contributed by atoms with van der Waals surface area (Å²) in [7, 11) is 0. The molecule has 0 aliphatic rings. The summed E-state index contributed by atoms with van der Waals surface area (Å²) in [4.78, 5) is 9.67. The van der Waals surface area contributed by atoms with E-state index < -0.39 is 0 Å². The Morgan fingerprint density at radius 3 is 2.47 bits per heavy atom. The molecule has 5 nitrogen and oxygen atoms in total. The van der Waals surface area contributed by atoms with Crippen molar-refractivity contribution >= 4 is 38.4 Å². The van der Waals surface area contributed by atoms with Crippen molar-refractivity contribution in [3.63, 3.8) is 0 Å². The fourth-order valence-electron chi connectivity index (χ4n) is 4.78. The van der Waals surface area contributed by atoms with Gasteiger partial charge in [0.05, 0.1) is 22.4 Å². The van der Waals surface area contributed by atoms with Crippen molar-refractivity contribution in [3.05, 3.63) is 103 Å². The first-order valence-corrected chi connectivity index (χ1v) is 10.9. The van der Waals surface area contributed by atoms with Crippen LogP contribution >= 0.6 is 0 Å². The summed E-state index contributed by atoms with van der Waals surface area (Å²) < 4.78 is 4.07. The van der Waals surface area contributed by atoms with Crippen LogP contribution in [0.15, 0.2) is 91.3 Å². The topological polar surface area (TPSA) is 48.0 Å². The minimum Gasteiger partial charge on any atom is -0.333 e. The minimum atomic E-state index is 0. The summed E-state index contributed by atoms with van der Waals surface area (Å²) in [5.41, 5.74) is 7.20. The molecule has 0 bridgehead atoms. The Labute approximate surface area is 209 Å². The maximum Gasteiger partial charge on any atom is 0.163 e. The number of pyridine rings is 1. The smallest absolute Gasteiger partial charge is 0.163 e. The number of para-hydroxylation sites is 4. The van der Waals surface area contributed by atoms with Gasteiger partial charge < -0.3 is 4.40 Å². The van der Waals surface area contributed by atoms with Gasteiger partial charge >= 0.3 is 0 Å². The number of hydrogen-bond donors (Lipinski definition) is 0. The molecule has 0 unspecified atom stereocenters. The largest absolute Gasteiger partial charge is 0.333 e. The van der Waals surface area contributed by atoms with Crippen LogP contribution in [0.4, 0.5) is 0 Å². The van der Waals surface area contributed by atoms with Gasteiger partial charge in [-0.05, 0) is 42.1 Å². The Bertz CT molecular complexity index is 1850. The van der Waals surface area contributed by atoms with Crippen LogP contribution < -0.4 is 0 Å². The molecule has 1 radical (unpaired) electrons. The molecule has 0 amide bonds. The summed E-state index contributed by atoms with van der Waals surface area (Å²) in [6.45, 7) is 2.08. The normalized spacial score (nSPS) is 11.4. The zero-order chi connectivity index (χ0) is 21.9. The maximum absolute atomic E-state index is 4.98. The monoisotopic (exact) mass is 617 g/mol. The first-order chi connectivity index (χ1) is 16.3. The first kappa shape index (κ1) is 20.7. The van der Waals surface area contributed by atoms with Gasteiger partial charge in [-0.15, -0.1) is 23.3 Å². The average Bonchev–Trinajstić information content (AvgIpc) is 3.50. The van der Waals surface area contributed by atoms with E-state index in [1.165, 1.54) is 0 Å². The molecule has 7 aromatic rings. The number of nitrogens with zero attached hydrogens (tertiary/aromatic N) is 5. The third-order valence-corrected chi connectivity index (χ3v) is 6.29. The molecular formula is C28H18IrN5-. The zero-order valence-corrected chi connectivity index (χ0v) is 20.6. The van der Waals surface area contributed by atoms with Crippen LogP contribution in [-0.4, -0.2) is 24.1 Å². The summed E-state index contributed by atoms with van der Waals surface area (Å²) in [5, 5.41) is 8.02. The third kappa shape index (κ3) is 2.93. The van der Waals surface area contributed by atoms with Gasteiger partial charge in [0.2, 0.25) is 0 Å². The molecule has 0 aliphatic heterocycles. The summed E-state index contributed by atoms with van der Waals surface area (Å²) >= 11 is 0. The molecule has 0 aliphatic carbocycles. The van der Waals surface area contributed by atoms with Crippen LogP contribution in [-0.2, 0) is 20.1 Å². The van der Waals surface area contributed by atoms with Gasteiger partial charge in [0, 0.05) is 25.6 Å². The second kappa shape index (κ2) is 7.87. The summed E-state index contributed by atoms with van der Waals surface area (Å²) in [5.74, 6) is 0.683. The van der Waals surface area contributed by atoms with Crippen molar-refractivity contribution in [1.29, 1.82) is 0 Å². The molecule has 4 aromatic carbocycles. The number of benzene rings is 4. The van der Waals surface area contributed by atoms with E-state index in [4.69, 9.17) is 15.1 Å². The molecule has 0 N–H and O–H groups in total. The van der Waals surface area contributed by atoms with Crippen molar-refractivity contribution < 1.29 is 20.1 Å². The van der Waals surface area contributed by atoms with E-state index in [1.807, 2.05) is 35.0 Å². The van der Waals surface area contributed by atoms with E-state index in [0.717, 1.165) is 55.2 Å². The molecule has 0 saturated carbocycles. The van der Waals surface area contributed by atoms with E-state index in [0.29, 0.717) is 5.82 Å². The average molecular weight is 617 g/mol. The van der Waals surface area contributed by atoms with Crippen molar-refractivity contribution in [2.45, 2.75) is 6.92 Å². The molecule has 0 fully saturated rings. The molecule has 0 saturated heterocycles. The van der Waals surface area contributed by atoms with E-state index >= 15 is 0 Å². The zero-order valence-electron chi connectivity index (χ0n) is 18.2. The predicted molar refractivity (Wildman–Crippen MR) is 132 cm³/mol. The predicted octanol–water partition coefficient (Wildman–Crippen LogP) is 6.15. The van der Waals surface area contributed by atoms with Gasteiger partial charge in [0.1, 0.15) is 6.33 Å². The van der Waals surface area contributed by atoms with Crippen LogP contribution in [0.25, 0.3) is 55.4 Å². The molecule has 0 spiro atoms. The van der Waals surface area contributed by atoms with Gasteiger partial charge in [-0.2, -0.15) is 0 Å². The number of rotatable bonds is 2. The second-order valence-corrected chi connectivity index (χ2v) is 8.22. The van der Waals surface area contributed by atoms with Crippen LogP contribution in [0.1, 0.15) is 5.56 Å².